The van der Waals surface area contributed by atoms with Crippen molar-refractivity contribution in [1.82, 2.24) is 10.7 Å². The SMILES string of the molecule is C/C(=C\NN)c1cc(C(=O)NCCOCCOCC=O)ccc1N(C)c1ccc(C(F)(F)F)cc1. The lowest BCUT2D eigenvalue weighted by Gasteiger charge is -2.24. The Labute approximate surface area is 201 Å². The van der Waals surface area contributed by atoms with E-state index >= 15 is 0 Å². The van der Waals surface area contributed by atoms with Crippen molar-refractivity contribution in [3.63, 3.8) is 0 Å². The number of alkyl halides is 3. The molecule has 0 saturated heterocycles. The summed E-state index contributed by atoms with van der Waals surface area (Å²) < 4.78 is 49.0. The van der Waals surface area contributed by atoms with Gasteiger partial charge in [-0.05, 0) is 55.0 Å². The molecule has 1 amide bonds. The summed E-state index contributed by atoms with van der Waals surface area (Å²) >= 11 is 0. The highest BCUT2D eigenvalue weighted by Crippen LogP contribution is 2.34. The molecule has 0 unspecified atom stereocenters. The number of nitrogens with two attached hydrogens (primary N) is 1. The van der Waals surface area contributed by atoms with Gasteiger partial charge in [-0.1, -0.05) is 0 Å². The summed E-state index contributed by atoms with van der Waals surface area (Å²) in [6, 6.07) is 9.85. The second kappa shape index (κ2) is 13.5. The number of halogens is 3. The Morgan fingerprint density at radius 3 is 2.40 bits per heavy atom. The molecule has 0 saturated carbocycles. The smallest absolute Gasteiger partial charge is 0.377 e. The summed E-state index contributed by atoms with van der Waals surface area (Å²) in [6.45, 7) is 2.93. The first-order valence-corrected chi connectivity index (χ1v) is 10.7. The van der Waals surface area contributed by atoms with Gasteiger partial charge in [0, 0.05) is 42.3 Å². The van der Waals surface area contributed by atoms with Gasteiger partial charge < -0.3 is 29.9 Å². The minimum Gasteiger partial charge on any atom is -0.377 e. The summed E-state index contributed by atoms with van der Waals surface area (Å²) in [6.07, 6.45) is -2.21. The number of nitrogens with zero attached hydrogens (tertiary/aromatic N) is 1. The highest BCUT2D eigenvalue weighted by Gasteiger charge is 2.30. The third-order valence-corrected chi connectivity index (χ3v) is 5.02. The number of aldehydes is 1. The molecule has 0 aliphatic rings. The van der Waals surface area contributed by atoms with Crippen LogP contribution in [-0.2, 0) is 20.4 Å². The molecule has 35 heavy (non-hydrogen) atoms. The second-order valence-electron chi connectivity index (χ2n) is 7.44. The van der Waals surface area contributed by atoms with Crippen molar-refractivity contribution in [3.8, 4) is 0 Å². The van der Waals surface area contributed by atoms with Crippen LogP contribution in [0.15, 0.2) is 48.7 Å². The molecule has 2 aromatic rings. The Kier molecular flexibility index (Phi) is 10.7. The molecule has 11 heteroatoms. The zero-order chi connectivity index (χ0) is 25.8. The number of hydrogen-bond acceptors (Lipinski definition) is 7. The maximum Gasteiger partial charge on any atom is 0.416 e. The van der Waals surface area contributed by atoms with Crippen molar-refractivity contribution in [1.29, 1.82) is 0 Å². The van der Waals surface area contributed by atoms with Gasteiger partial charge in [-0.15, -0.1) is 0 Å². The number of carbonyl (C=O) groups is 2. The van der Waals surface area contributed by atoms with E-state index in [1.807, 2.05) is 0 Å². The average molecular weight is 495 g/mol. The summed E-state index contributed by atoms with van der Waals surface area (Å²) in [5.74, 6) is 5.11. The summed E-state index contributed by atoms with van der Waals surface area (Å²) in [5, 5.41) is 2.76. The lowest BCUT2D eigenvalue weighted by molar-refractivity contribution is -0.137. The molecule has 0 fully saturated rings. The third kappa shape index (κ3) is 8.39. The number of hydrazine groups is 1. The van der Waals surface area contributed by atoms with Crippen molar-refractivity contribution in [2.75, 3.05) is 44.9 Å². The van der Waals surface area contributed by atoms with Gasteiger partial charge in [0.15, 0.2) is 0 Å². The van der Waals surface area contributed by atoms with Crippen molar-refractivity contribution < 1.29 is 32.2 Å². The minimum absolute atomic E-state index is 0.0139. The van der Waals surface area contributed by atoms with E-state index in [0.29, 0.717) is 35.4 Å². The van der Waals surface area contributed by atoms with E-state index in [9.17, 15) is 22.8 Å². The van der Waals surface area contributed by atoms with Gasteiger partial charge in [0.05, 0.1) is 25.4 Å². The molecular formula is C24H29F3N4O4. The molecular weight excluding hydrogens is 465 g/mol. The van der Waals surface area contributed by atoms with Crippen LogP contribution in [0.25, 0.3) is 5.57 Å². The van der Waals surface area contributed by atoms with Gasteiger partial charge in [-0.3, -0.25) is 10.6 Å². The summed E-state index contributed by atoms with van der Waals surface area (Å²) in [5.41, 5.74) is 4.71. The molecule has 0 bridgehead atoms. The lowest BCUT2D eigenvalue weighted by Crippen LogP contribution is -2.28. The van der Waals surface area contributed by atoms with E-state index in [1.165, 1.54) is 12.1 Å². The van der Waals surface area contributed by atoms with Gasteiger partial charge in [-0.2, -0.15) is 13.2 Å². The zero-order valence-electron chi connectivity index (χ0n) is 19.5. The number of allylic oxidation sites excluding steroid dienone is 1. The van der Waals surface area contributed by atoms with Crippen LogP contribution in [0.3, 0.4) is 0 Å². The number of amides is 1. The van der Waals surface area contributed by atoms with Gasteiger partial charge in [0.1, 0.15) is 12.9 Å². The topological polar surface area (TPSA) is 106 Å². The molecule has 190 valence electrons. The fourth-order valence-electron chi connectivity index (χ4n) is 3.19. The van der Waals surface area contributed by atoms with E-state index in [0.717, 1.165) is 17.7 Å². The van der Waals surface area contributed by atoms with Crippen molar-refractivity contribution in [2.24, 2.45) is 5.84 Å². The summed E-state index contributed by atoms with van der Waals surface area (Å²) in [7, 11) is 1.72. The van der Waals surface area contributed by atoms with Gasteiger partial charge in [0.25, 0.3) is 5.91 Å². The minimum atomic E-state index is -4.42. The van der Waals surface area contributed by atoms with E-state index in [1.54, 1.807) is 43.3 Å². The van der Waals surface area contributed by atoms with Crippen molar-refractivity contribution in [3.05, 3.63) is 65.4 Å². The lowest BCUT2D eigenvalue weighted by atomic mass is 10.0. The van der Waals surface area contributed by atoms with E-state index in [4.69, 9.17) is 15.3 Å². The Balaban J connectivity index is 2.14. The number of carbonyl (C=O) groups excluding carboxylic acids is 2. The highest BCUT2D eigenvalue weighted by molar-refractivity contribution is 5.96. The number of anilines is 2. The van der Waals surface area contributed by atoms with Crippen LogP contribution in [0.2, 0.25) is 0 Å². The Morgan fingerprint density at radius 2 is 1.77 bits per heavy atom. The molecule has 2 aromatic carbocycles. The van der Waals surface area contributed by atoms with E-state index < -0.39 is 11.7 Å². The van der Waals surface area contributed by atoms with Crippen LogP contribution in [0.1, 0.15) is 28.4 Å². The normalized spacial score (nSPS) is 11.8. The first-order chi connectivity index (χ1) is 16.7. The maximum absolute atomic E-state index is 12.9. The van der Waals surface area contributed by atoms with Crippen LogP contribution >= 0.6 is 0 Å². The molecule has 2 rings (SSSR count). The standard InChI is InChI=1S/C24H29F3N4O4/c1-17(16-30-28)21-15-18(23(33)29-9-11-34-13-14-35-12-10-32)3-8-22(21)31(2)20-6-4-19(5-7-20)24(25,26)27/h3-8,10,15-16,30H,9,11-14,28H2,1-2H3,(H,29,33)/b17-16+. The molecule has 0 spiro atoms. The Morgan fingerprint density at radius 1 is 1.09 bits per heavy atom. The number of hydrogen-bond donors (Lipinski definition) is 3. The van der Waals surface area contributed by atoms with Gasteiger partial charge in [-0.25, -0.2) is 0 Å². The molecule has 0 heterocycles. The Hall–Kier alpha value is -3.41. The fraction of sp³-hybridized carbons (Fsp3) is 0.333. The van der Waals surface area contributed by atoms with Crippen LogP contribution in [0, 0.1) is 0 Å². The fourth-order valence-corrected chi connectivity index (χ4v) is 3.19. The number of rotatable bonds is 13. The number of benzene rings is 2. The first-order valence-electron chi connectivity index (χ1n) is 10.7. The Bertz CT molecular complexity index is 1010. The monoisotopic (exact) mass is 494 g/mol. The summed E-state index contributed by atoms with van der Waals surface area (Å²) in [4.78, 5) is 24.5. The third-order valence-electron chi connectivity index (χ3n) is 5.02. The molecule has 0 aliphatic heterocycles. The first kappa shape index (κ1) is 27.8. The number of ether oxygens (including phenoxy) is 2. The van der Waals surface area contributed by atoms with E-state index in [2.05, 4.69) is 10.7 Å². The van der Waals surface area contributed by atoms with Gasteiger partial charge in [0.2, 0.25) is 0 Å². The molecule has 0 radical (unpaired) electrons. The van der Waals surface area contributed by atoms with Crippen molar-refractivity contribution in [2.45, 2.75) is 13.1 Å². The largest absolute Gasteiger partial charge is 0.416 e. The highest BCUT2D eigenvalue weighted by atomic mass is 19.4. The predicted molar refractivity (Wildman–Crippen MR) is 127 cm³/mol. The molecule has 0 atom stereocenters. The molecule has 0 aromatic heterocycles. The van der Waals surface area contributed by atoms with Crippen LogP contribution < -0.4 is 21.5 Å². The van der Waals surface area contributed by atoms with Gasteiger partial charge >= 0.3 is 6.18 Å². The second-order valence-corrected chi connectivity index (χ2v) is 7.44. The average Bonchev–Trinajstić information content (AvgIpc) is 2.84. The van der Waals surface area contributed by atoms with E-state index in [-0.39, 0.29) is 32.3 Å². The predicted octanol–water partition coefficient (Wildman–Crippen LogP) is 3.26. The molecule has 8 nitrogen and oxygen atoms in total. The number of nitrogens with one attached hydrogen (secondary N) is 2. The molecule has 4 N–H and O–H groups in total. The maximum atomic E-state index is 12.9. The molecule has 0 aliphatic carbocycles. The van der Waals surface area contributed by atoms with Crippen LogP contribution in [0.5, 0.6) is 0 Å². The van der Waals surface area contributed by atoms with Crippen molar-refractivity contribution >= 4 is 29.1 Å². The van der Waals surface area contributed by atoms with Crippen LogP contribution in [-0.4, -0.2) is 52.2 Å². The zero-order valence-corrected chi connectivity index (χ0v) is 19.5. The van der Waals surface area contributed by atoms with Crippen LogP contribution in [0.4, 0.5) is 24.5 Å². The quantitative estimate of drug-likeness (QED) is 0.170.